The molecule has 3 N–H and O–H groups in total. The lowest BCUT2D eigenvalue weighted by Crippen LogP contribution is -2.33. The van der Waals surface area contributed by atoms with E-state index in [2.05, 4.69) is 44.2 Å². The number of aryl methyl sites for hydroxylation is 1. The molecule has 114 valence electrons. The minimum Gasteiger partial charge on any atom is -0.369 e. The van der Waals surface area contributed by atoms with Crippen LogP contribution in [0.2, 0.25) is 0 Å². The second-order valence-electron chi connectivity index (χ2n) is 6.24. The third kappa shape index (κ3) is 2.59. The van der Waals surface area contributed by atoms with Gasteiger partial charge in [-0.1, -0.05) is 38.1 Å². The van der Waals surface area contributed by atoms with Crippen molar-refractivity contribution in [1.82, 2.24) is 0 Å². The van der Waals surface area contributed by atoms with E-state index >= 15 is 0 Å². The fourth-order valence-corrected chi connectivity index (χ4v) is 3.24. The quantitative estimate of drug-likeness (QED) is 0.653. The lowest BCUT2D eigenvalue weighted by molar-refractivity contribution is 0.866. The van der Waals surface area contributed by atoms with E-state index in [-0.39, 0.29) is 5.96 Å². The molecule has 2 aromatic rings. The number of fused-ring (bicyclic) bond motifs is 1. The van der Waals surface area contributed by atoms with Crippen LogP contribution in [0.3, 0.4) is 0 Å². The third-order valence-electron chi connectivity index (χ3n) is 4.40. The van der Waals surface area contributed by atoms with Gasteiger partial charge in [0.05, 0.1) is 5.69 Å². The Hall–Kier alpha value is -2.29. The van der Waals surface area contributed by atoms with E-state index in [0.29, 0.717) is 5.92 Å². The normalized spacial score (nSPS) is 13.2. The molecule has 0 aliphatic heterocycles. The van der Waals surface area contributed by atoms with Crippen LogP contribution in [-0.4, -0.2) is 5.96 Å². The van der Waals surface area contributed by atoms with E-state index < -0.39 is 0 Å². The van der Waals surface area contributed by atoms with Gasteiger partial charge in [0.1, 0.15) is 0 Å². The van der Waals surface area contributed by atoms with E-state index in [1.165, 1.54) is 23.1 Å². The zero-order valence-corrected chi connectivity index (χ0v) is 13.3. The Morgan fingerprint density at radius 3 is 2.64 bits per heavy atom. The highest BCUT2D eigenvalue weighted by Gasteiger charge is 2.21. The molecule has 0 atom stereocenters. The summed E-state index contributed by atoms with van der Waals surface area (Å²) in [7, 11) is 0. The summed E-state index contributed by atoms with van der Waals surface area (Å²) in [6, 6.07) is 14.7. The van der Waals surface area contributed by atoms with Gasteiger partial charge in [0.25, 0.3) is 0 Å². The Balaban J connectivity index is 2.10. The van der Waals surface area contributed by atoms with Gasteiger partial charge in [-0.25, -0.2) is 0 Å². The second-order valence-corrected chi connectivity index (χ2v) is 6.24. The molecule has 0 heterocycles. The topological polar surface area (TPSA) is 53.1 Å². The van der Waals surface area contributed by atoms with E-state index in [1.54, 1.807) is 0 Å². The average molecular weight is 293 g/mol. The third-order valence-corrected chi connectivity index (χ3v) is 4.40. The molecular formula is C19H23N3. The van der Waals surface area contributed by atoms with Gasteiger partial charge < -0.3 is 5.73 Å². The van der Waals surface area contributed by atoms with Gasteiger partial charge in [-0.05, 0) is 60.1 Å². The highest BCUT2D eigenvalue weighted by molar-refractivity contribution is 6.00. The predicted molar refractivity (Wildman–Crippen MR) is 93.1 cm³/mol. The van der Waals surface area contributed by atoms with Crippen LogP contribution in [0, 0.1) is 5.41 Å². The van der Waals surface area contributed by atoms with Crippen molar-refractivity contribution < 1.29 is 0 Å². The van der Waals surface area contributed by atoms with Crippen molar-refractivity contribution in [3.8, 4) is 0 Å². The van der Waals surface area contributed by atoms with Gasteiger partial charge >= 0.3 is 0 Å². The summed E-state index contributed by atoms with van der Waals surface area (Å²) < 4.78 is 0. The van der Waals surface area contributed by atoms with Gasteiger partial charge in [0.2, 0.25) is 0 Å². The first-order valence-electron chi connectivity index (χ1n) is 7.93. The van der Waals surface area contributed by atoms with Crippen molar-refractivity contribution in [2.24, 2.45) is 5.73 Å². The number of nitrogens with one attached hydrogen (secondary N) is 1. The molecule has 0 saturated carbocycles. The molecule has 1 aliphatic carbocycles. The lowest BCUT2D eigenvalue weighted by atomic mass is 10.0. The molecule has 22 heavy (non-hydrogen) atoms. The number of nitrogens with zero attached hydrogens (tertiary/aromatic N) is 1. The molecule has 0 radical (unpaired) electrons. The summed E-state index contributed by atoms with van der Waals surface area (Å²) >= 11 is 0. The number of guanidine groups is 1. The number of rotatable bonds is 3. The van der Waals surface area contributed by atoms with Crippen LogP contribution >= 0.6 is 0 Å². The zero-order valence-electron chi connectivity index (χ0n) is 13.3. The van der Waals surface area contributed by atoms with Crippen molar-refractivity contribution in [2.75, 3.05) is 4.90 Å². The molecule has 0 saturated heterocycles. The number of hydrogen-bond donors (Lipinski definition) is 2. The number of anilines is 2. The van der Waals surface area contributed by atoms with Crippen LogP contribution in [0.1, 0.15) is 42.9 Å². The van der Waals surface area contributed by atoms with Crippen molar-refractivity contribution in [2.45, 2.75) is 39.0 Å². The van der Waals surface area contributed by atoms with Gasteiger partial charge in [0, 0.05) is 5.69 Å². The molecule has 3 nitrogen and oxygen atoms in total. The van der Waals surface area contributed by atoms with Gasteiger partial charge in [-0.15, -0.1) is 0 Å². The second kappa shape index (κ2) is 5.84. The summed E-state index contributed by atoms with van der Waals surface area (Å²) in [5, 5.41) is 8.07. The van der Waals surface area contributed by atoms with Crippen molar-refractivity contribution in [1.29, 1.82) is 5.41 Å². The Morgan fingerprint density at radius 2 is 1.91 bits per heavy atom. The van der Waals surface area contributed by atoms with Crippen molar-refractivity contribution >= 4 is 17.3 Å². The number of benzene rings is 2. The maximum absolute atomic E-state index is 8.07. The minimum absolute atomic E-state index is 0.0706. The summed E-state index contributed by atoms with van der Waals surface area (Å²) in [5.74, 6) is 0.524. The first-order valence-corrected chi connectivity index (χ1v) is 7.93. The molecule has 3 heteroatoms. The standard InChI is InChI=1S/C19H23N3/c1-13(2)15-8-3-9-16(12-15)22(19(20)21)18-11-5-7-14-6-4-10-17(14)18/h3,5,7-9,11-13H,4,6,10H2,1-2H3,(H3,20,21). The van der Waals surface area contributed by atoms with Crippen LogP contribution in [0.15, 0.2) is 42.5 Å². The largest absolute Gasteiger partial charge is 0.369 e. The van der Waals surface area contributed by atoms with Crippen molar-refractivity contribution in [3.05, 3.63) is 59.2 Å². The Labute approximate surface area is 132 Å². The van der Waals surface area contributed by atoms with Crippen LogP contribution in [-0.2, 0) is 12.8 Å². The van der Waals surface area contributed by atoms with Crippen molar-refractivity contribution in [3.63, 3.8) is 0 Å². The van der Waals surface area contributed by atoms with Gasteiger partial charge in [0.15, 0.2) is 5.96 Å². The summed E-state index contributed by atoms with van der Waals surface area (Å²) in [6.45, 7) is 4.36. The molecule has 1 aliphatic rings. The molecule has 3 rings (SSSR count). The van der Waals surface area contributed by atoms with Crippen LogP contribution < -0.4 is 10.6 Å². The Morgan fingerprint density at radius 1 is 1.14 bits per heavy atom. The van der Waals surface area contributed by atoms with E-state index in [0.717, 1.165) is 24.2 Å². The number of hydrogen-bond acceptors (Lipinski definition) is 1. The summed E-state index contributed by atoms with van der Waals surface area (Å²) in [5.41, 5.74) is 12.0. The fourth-order valence-electron chi connectivity index (χ4n) is 3.24. The molecule has 0 spiro atoms. The first kappa shape index (κ1) is 14.6. The first-order chi connectivity index (χ1) is 10.6. The maximum atomic E-state index is 8.07. The fraction of sp³-hybridized carbons (Fsp3) is 0.316. The molecule has 0 amide bonds. The Kier molecular flexibility index (Phi) is 3.88. The SMILES string of the molecule is CC(C)c1cccc(N(C(=N)N)c2cccc3c2CCC3)c1. The predicted octanol–water partition coefficient (Wildman–Crippen LogP) is 4.33. The highest BCUT2D eigenvalue weighted by atomic mass is 15.2. The van der Waals surface area contributed by atoms with Gasteiger partial charge in [-0.3, -0.25) is 10.3 Å². The highest BCUT2D eigenvalue weighted by Crippen LogP contribution is 2.35. The lowest BCUT2D eigenvalue weighted by Gasteiger charge is -2.26. The maximum Gasteiger partial charge on any atom is 0.197 e. The van der Waals surface area contributed by atoms with Crippen LogP contribution in [0.5, 0.6) is 0 Å². The molecule has 0 aromatic heterocycles. The van der Waals surface area contributed by atoms with Crippen LogP contribution in [0.25, 0.3) is 0 Å². The molecular weight excluding hydrogens is 270 g/mol. The Bertz CT molecular complexity index is 704. The monoisotopic (exact) mass is 293 g/mol. The molecule has 0 bridgehead atoms. The molecule has 0 fully saturated rings. The zero-order chi connectivity index (χ0) is 15.7. The summed E-state index contributed by atoms with van der Waals surface area (Å²) in [4.78, 5) is 1.87. The molecule has 2 aromatic carbocycles. The minimum atomic E-state index is 0.0706. The smallest absolute Gasteiger partial charge is 0.197 e. The van der Waals surface area contributed by atoms with E-state index in [4.69, 9.17) is 11.1 Å². The average Bonchev–Trinajstić information content (AvgIpc) is 2.97. The molecule has 0 unspecified atom stereocenters. The summed E-state index contributed by atoms with van der Waals surface area (Å²) in [6.07, 6.45) is 3.38. The van der Waals surface area contributed by atoms with Crippen LogP contribution in [0.4, 0.5) is 11.4 Å². The number of nitrogens with two attached hydrogens (primary N) is 1. The van der Waals surface area contributed by atoms with E-state index in [9.17, 15) is 0 Å². The van der Waals surface area contributed by atoms with E-state index in [1.807, 2.05) is 17.0 Å². The van der Waals surface area contributed by atoms with Gasteiger partial charge in [-0.2, -0.15) is 0 Å².